The van der Waals surface area contributed by atoms with Gasteiger partial charge in [0.25, 0.3) is 0 Å². The summed E-state index contributed by atoms with van der Waals surface area (Å²) in [7, 11) is -3.66. The molecule has 0 aliphatic carbocycles. The molecular formula is C24H29Cl2N3O4S. The van der Waals surface area contributed by atoms with Gasteiger partial charge in [0.05, 0.1) is 24.9 Å². The molecule has 184 valence electrons. The summed E-state index contributed by atoms with van der Waals surface area (Å²) in [5.41, 5.74) is 2.53. The molecule has 2 aliphatic rings. The van der Waals surface area contributed by atoms with E-state index in [2.05, 4.69) is 22.3 Å². The predicted molar refractivity (Wildman–Crippen MR) is 135 cm³/mol. The summed E-state index contributed by atoms with van der Waals surface area (Å²) in [6.45, 7) is 4.17. The standard InChI is InChI=1S/C24H29Cl2N3O4S/c25-22-4-1-5-23(26)21(22)17-34(31,32)29-10-2-3-19(16-29)24(30)27-15-18-6-8-20(9-7-18)28-11-13-33-14-12-28/h1,4-9,19H,2-3,10-17H2,(H,27,30). The van der Waals surface area contributed by atoms with Crippen molar-refractivity contribution >= 4 is 44.8 Å². The Balaban J connectivity index is 1.32. The van der Waals surface area contributed by atoms with Crippen molar-refractivity contribution in [2.45, 2.75) is 25.1 Å². The second kappa shape index (κ2) is 11.3. The number of nitrogens with zero attached hydrogens (tertiary/aromatic N) is 2. The highest BCUT2D eigenvalue weighted by atomic mass is 35.5. The van der Waals surface area contributed by atoms with Crippen molar-refractivity contribution in [1.82, 2.24) is 9.62 Å². The van der Waals surface area contributed by atoms with Gasteiger partial charge in [-0.3, -0.25) is 4.79 Å². The minimum absolute atomic E-state index is 0.132. The summed E-state index contributed by atoms with van der Waals surface area (Å²) >= 11 is 12.3. The minimum atomic E-state index is -3.66. The van der Waals surface area contributed by atoms with Crippen LogP contribution in [0.3, 0.4) is 0 Å². The highest BCUT2D eigenvalue weighted by molar-refractivity contribution is 7.88. The number of morpholine rings is 1. The quantitative estimate of drug-likeness (QED) is 0.596. The first kappa shape index (κ1) is 25.3. The molecule has 2 fully saturated rings. The van der Waals surface area contributed by atoms with Gasteiger partial charge in [-0.25, -0.2) is 12.7 Å². The predicted octanol–water partition coefficient (Wildman–Crippen LogP) is 3.69. The maximum atomic E-state index is 13.0. The molecule has 2 aromatic carbocycles. The van der Waals surface area contributed by atoms with E-state index in [0.29, 0.717) is 41.5 Å². The molecule has 2 saturated heterocycles. The van der Waals surface area contributed by atoms with Gasteiger partial charge >= 0.3 is 0 Å². The summed E-state index contributed by atoms with van der Waals surface area (Å²) < 4.78 is 32.8. The van der Waals surface area contributed by atoms with Gasteiger partial charge in [-0.05, 0) is 42.7 Å². The van der Waals surface area contributed by atoms with Crippen LogP contribution in [0.25, 0.3) is 0 Å². The first-order chi connectivity index (χ1) is 16.3. The molecule has 10 heteroatoms. The second-order valence-corrected chi connectivity index (χ2v) is 11.4. The zero-order chi connectivity index (χ0) is 24.1. The van der Waals surface area contributed by atoms with Crippen LogP contribution in [0.1, 0.15) is 24.0 Å². The molecule has 1 unspecified atom stereocenters. The lowest BCUT2D eigenvalue weighted by atomic mass is 9.98. The van der Waals surface area contributed by atoms with Crippen molar-refractivity contribution in [3.05, 3.63) is 63.6 Å². The van der Waals surface area contributed by atoms with Gasteiger partial charge in [0, 0.05) is 54.0 Å². The normalized spacial score (nSPS) is 19.7. The van der Waals surface area contributed by atoms with Gasteiger partial charge in [-0.15, -0.1) is 0 Å². The Morgan fingerprint density at radius 3 is 2.38 bits per heavy atom. The van der Waals surface area contributed by atoms with E-state index in [0.717, 1.165) is 37.6 Å². The molecule has 34 heavy (non-hydrogen) atoms. The molecule has 2 heterocycles. The third kappa shape index (κ3) is 6.23. The SMILES string of the molecule is O=C(NCc1ccc(N2CCOCC2)cc1)C1CCCN(S(=O)(=O)Cc2c(Cl)cccc2Cl)C1. The summed E-state index contributed by atoms with van der Waals surface area (Å²) in [5.74, 6) is -0.805. The molecule has 0 saturated carbocycles. The molecule has 2 aliphatic heterocycles. The van der Waals surface area contributed by atoms with Crippen LogP contribution in [-0.2, 0) is 31.9 Å². The number of amides is 1. The molecule has 0 aromatic heterocycles. The number of hydrogen-bond donors (Lipinski definition) is 1. The number of carbonyl (C=O) groups is 1. The molecule has 4 rings (SSSR count). The van der Waals surface area contributed by atoms with Gasteiger partial charge in [0.2, 0.25) is 15.9 Å². The number of ether oxygens (including phenoxy) is 1. The number of rotatable bonds is 7. The average Bonchev–Trinajstić information content (AvgIpc) is 2.86. The van der Waals surface area contributed by atoms with Crippen LogP contribution in [0.2, 0.25) is 10.0 Å². The number of carbonyl (C=O) groups excluding carboxylic acids is 1. The second-order valence-electron chi connectivity index (χ2n) is 8.64. The van der Waals surface area contributed by atoms with Crippen LogP contribution in [-0.4, -0.2) is 58.0 Å². The zero-order valence-corrected chi connectivity index (χ0v) is 21.2. The Bertz CT molecular complexity index is 1090. The van der Waals surface area contributed by atoms with E-state index in [1.807, 2.05) is 12.1 Å². The lowest BCUT2D eigenvalue weighted by Crippen LogP contribution is -2.45. The third-order valence-electron chi connectivity index (χ3n) is 6.32. The van der Waals surface area contributed by atoms with E-state index >= 15 is 0 Å². The van der Waals surface area contributed by atoms with Crippen LogP contribution in [0.4, 0.5) is 5.69 Å². The maximum Gasteiger partial charge on any atom is 0.224 e. The molecule has 2 aromatic rings. The Hall–Kier alpha value is -1.84. The first-order valence-corrected chi connectivity index (χ1v) is 13.8. The maximum absolute atomic E-state index is 13.0. The lowest BCUT2D eigenvalue weighted by molar-refractivity contribution is -0.126. The van der Waals surface area contributed by atoms with E-state index in [1.54, 1.807) is 18.2 Å². The Morgan fingerprint density at radius 2 is 1.71 bits per heavy atom. The van der Waals surface area contributed by atoms with Crippen LogP contribution >= 0.6 is 23.2 Å². The summed E-state index contributed by atoms with van der Waals surface area (Å²) in [4.78, 5) is 15.1. The summed E-state index contributed by atoms with van der Waals surface area (Å²) in [6, 6.07) is 13.1. The van der Waals surface area contributed by atoms with Crippen molar-refractivity contribution in [2.75, 3.05) is 44.3 Å². The zero-order valence-electron chi connectivity index (χ0n) is 18.9. The fourth-order valence-electron chi connectivity index (χ4n) is 4.33. The number of hydrogen-bond acceptors (Lipinski definition) is 5. The van der Waals surface area contributed by atoms with E-state index < -0.39 is 15.9 Å². The number of nitrogens with one attached hydrogen (secondary N) is 1. The van der Waals surface area contributed by atoms with Crippen LogP contribution in [0, 0.1) is 5.92 Å². The minimum Gasteiger partial charge on any atom is -0.378 e. The number of anilines is 1. The van der Waals surface area contributed by atoms with E-state index in [4.69, 9.17) is 27.9 Å². The topological polar surface area (TPSA) is 79.0 Å². The van der Waals surface area contributed by atoms with Gasteiger partial charge in [-0.2, -0.15) is 0 Å². The molecular weight excluding hydrogens is 497 g/mol. The van der Waals surface area contributed by atoms with E-state index in [9.17, 15) is 13.2 Å². The lowest BCUT2D eigenvalue weighted by Gasteiger charge is -2.31. The Labute approximate surface area is 211 Å². The third-order valence-corrected chi connectivity index (χ3v) is 8.80. The molecule has 1 amide bonds. The van der Waals surface area contributed by atoms with Crippen molar-refractivity contribution < 1.29 is 17.9 Å². The Kier molecular flexibility index (Phi) is 8.37. The van der Waals surface area contributed by atoms with Crippen LogP contribution in [0.5, 0.6) is 0 Å². The first-order valence-electron chi connectivity index (χ1n) is 11.4. The summed E-state index contributed by atoms with van der Waals surface area (Å²) in [6.07, 6.45) is 1.28. The molecule has 7 nitrogen and oxygen atoms in total. The Morgan fingerprint density at radius 1 is 1.03 bits per heavy atom. The molecule has 1 N–H and O–H groups in total. The van der Waals surface area contributed by atoms with Crippen molar-refractivity contribution in [3.8, 4) is 0 Å². The molecule has 1 atom stereocenters. The van der Waals surface area contributed by atoms with Crippen molar-refractivity contribution in [3.63, 3.8) is 0 Å². The highest BCUT2D eigenvalue weighted by Crippen LogP contribution is 2.29. The monoisotopic (exact) mass is 525 g/mol. The van der Waals surface area contributed by atoms with E-state index in [1.165, 1.54) is 4.31 Å². The highest BCUT2D eigenvalue weighted by Gasteiger charge is 2.33. The largest absolute Gasteiger partial charge is 0.378 e. The smallest absolute Gasteiger partial charge is 0.224 e. The summed E-state index contributed by atoms with van der Waals surface area (Å²) in [5, 5.41) is 3.61. The van der Waals surface area contributed by atoms with Gasteiger partial charge in [0.1, 0.15) is 0 Å². The number of halogens is 2. The van der Waals surface area contributed by atoms with Crippen LogP contribution in [0.15, 0.2) is 42.5 Å². The van der Waals surface area contributed by atoms with Crippen LogP contribution < -0.4 is 10.2 Å². The molecule has 0 spiro atoms. The average molecular weight is 526 g/mol. The fourth-order valence-corrected chi connectivity index (χ4v) is 6.69. The van der Waals surface area contributed by atoms with Gasteiger partial charge in [-0.1, -0.05) is 41.4 Å². The molecule has 0 radical (unpaired) electrons. The van der Waals surface area contributed by atoms with Gasteiger partial charge < -0.3 is 15.0 Å². The van der Waals surface area contributed by atoms with E-state index in [-0.39, 0.29) is 18.2 Å². The number of sulfonamides is 1. The number of piperidine rings is 1. The van der Waals surface area contributed by atoms with Crippen molar-refractivity contribution in [1.29, 1.82) is 0 Å². The van der Waals surface area contributed by atoms with Gasteiger partial charge in [0.15, 0.2) is 0 Å². The van der Waals surface area contributed by atoms with Crippen molar-refractivity contribution in [2.24, 2.45) is 5.92 Å². The number of benzene rings is 2. The fraction of sp³-hybridized carbons (Fsp3) is 0.458. The molecule has 0 bridgehead atoms.